The van der Waals surface area contributed by atoms with Gasteiger partial charge in [0, 0.05) is 23.5 Å². The van der Waals surface area contributed by atoms with E-state index >= 15 is 0 Å². The monoisotopic (exact) mass is 283 g/mol. The number of nitrogens with zero attached hydrogens (tertiary/aromatic N) is 1. The SMILES string of the molecule is OC1(c2cnccc2-c2ccccc2OC2COC2)CC1. The fourth-order valence-electron chi connectivity index (χ4n) is 2.64. The number of rotatable bonds is 4. The van der Waals surface area contributed by atoms with Crippen LogP contribution in [-0.2, 0) is 10.3 Å². The molecule has 0 radical (unpaired) electrons. The molecule has 0 bridgehead atoms. The highest BCUT2D eigenvalue weighted by molar-refractivity contribution is 5.74. The predicted molar refractivity (Wildman–Crippen MR) is 78.0 cm³/mol. The topological polar surface area (TPSA) is 51.6 Å². The van der Waals surface area contributed by atoms with Gasteiger partial charge in [-0.15, -0.1) is 0 Å². The van der Waals surface area contributed by atoms with Crippen molar-refractivity contribution in [3.63, 3.8) is 0 Å². The Labute approximate surface area is 123 Å². The molecule has 1 aromatic heterocycles. The number of para-hydroxylation sites is 1. The molecular formula is C17H17NO3. The summed E-state index contributed by atoms with van der Waals surface area (Å²) in [4.78, 5) is 4.17. The zero-order valence-corrected chi connectivity index (χ0v) is 11.7. The van der Waals surface area contributed by atoms with E-state index in [-0.39, 0.29) is 6.10 Å². The molecular weight excluding hydrogens is 266 g/mol. The third-order valence-electron chi connectivity index (χ3n) is 4.12. The van der Waals surface area contributed by atoms with E-state index in [1.54, 1.807) is 12.4 Å². The Balaban J connectivity index is 1.76. The van der Waals surface area contributed by atoms with Gasteiger partial charge in [0.05, 0.1) is 18.8 Å². The number of aliphatic hydroxyl groups is 1. The first-order valence-corrected chi connectivity index (χ1v) is 7.27. The lowest BCUT2D eigenvalue weighted by molar-refractivity contribution is -0.0794. The summed E-state index contributed by atoms with van der Waals surface area (Å²) in [7, 11) is 0. The average molecular weight is 283 g/mol. The van der Waals surface area contributed by atoms with Gasteiger partial charge in [0.25, 0.3) is 0 Å². The van der Waals surface area contributed by atoms with Crippen molar-refractivity contribution >= 4 is 0 Å². The molecule has 1 aliphatic carbocycles. The maximum Gasteiger partial charge on any atom is 0.145 e. The molecule has 2 heterocycles. The lowest BCUT2D eigenvalue weighted by Gasteiger charge is -2.28. The highest BCUT2D eigenvalue weighted by Gasteiger charge is 2.44. The Morgan fingerprint density at radius 3 is 2.67 bits per heavy atom. The van der Waals surface area contributed by atoms with Crippen LogP contribution < -0.4 is 4.74 Å². The minimum Gasteiger partial charge on any atom is -0.485 e. The van der Waals surface area contributed by atoms with Crippen molar-refractivity contribution < 1.29 is 14.6 Å². The minimum absolute atomic E-state index is 0.125. The van der Waals surface area contributed by atoms with Crippen molar-refractivity contribution in [2.45, 2.75) is 24.5 Å². The molecule has 21 heavy (non-hydrogen) atoms. The lowest BCUT2D eigenvalue weighted by atomic mass is 9.96. The summed E-state index contributed by atoms with van der Waals surface area (Å²) in [6.45, 7) is 1.28. The Kier molecular flexibility index (Phi) is 2.94. The maximum absolute atomic E-state index is 10.5. The number of benzene rings is 1. The molecule has 0 spiro atoms. The van der Waals surface area contributed by atoms with Crippen LogP contribution in [0.1, 0.15) is 18.4 Å². The molecule has 4 rings (SSSR count). The largest absolute Gasteiger partial charge is 0.485 e. The molecule has 4 nitrogen and oxygen atoms in total. The van der Waals surface area contributed by atoms with E-state index in [4.69, 9.17) is 9.47 Å². The molecule has 0 atom stereocenters. The van der Waals surface area contributed by atoms with E-state index in [1.165, 1.54) is 0 Å². The van der Waals surface area contributed by atoms with Gasteiger partial charge in [0.15, 0.2) is 0 Å². The first kappa shape index (κ1) is 12.8. The van der Waals surface area contributed by atoms with Crippen LogP contribution in [0.3, 0.4) is 0 Å². The summed E-state index contributed by atoms with van der Waals surface area (Å²) in [5.41, 5.74) is 2.19. The minimum atomic E-state index is -0.712. The van der Waals surface area contributed by atoms with Crippen molar-refractivity contribution in [3.8, 4) is 16.9 Å². The van der Waals surface area contributed by atoms with Crippen LogP contribution >= 0.6 is 0 Å². The first-order valence-electron chi connectivity index (χ1n) is 7.27. The average Bonchev–Trinajstić information content (AvgIpc) is 3.22. The van der Waals surface area contributed by atoms with Crippen LogP contribution in [0.15, 0.2) is 42.7 Å². The van der Waals surface area contributed by atoms with Crippen LogP contribution in [0.25, 0.3) is 11.1 Å². The van der Waals surface area contributed by atoms with Gasteiger partial charge in [-0.3, -0.25) is 4.98 Å². The van der Waals surface area contributed by atoms with Crippen molar-refractivity contribution in [3.05, 3.63) is 48.3 Å². The van der Waals surface area contributed by atoms with Gasteiger partial charge >= 0.3 is 0 Å². The molecule has 1 saturated carbocycles. The Morgan fingerprint density at radius 2 is 1.95 bits per heavy atom. The molecule has 1 aromatic carbocycles. The van der Waals surface area contributed by atoms with Crippen molar-refractivity contribution in [2.75, 3.05) is 13.2 Å². The van der Waals surface area contributed by atoms with Gasteiger partial charge in [0.1, 0.15) is 11.9 Å². The molecule has 2 aromatic rings. The quantitative estimate of drug-likeness (QED) is 0.936. The maximum atomic E-state index is 10.5. The van der Waals surface area contributed by atoms with Crippen LogP contribution in [0.2, 0.25) is 0 Å². The van der Waals surface area contributed by atoms with Crippen LogP contribution in [0.5, 0.6) is 5.75 Å². The lowest BCUT2D eigenvalue weighted by Crippen LogP contribution is -2.38. The fraction of sp³-hybridized carbons (Fsp3) is 0.353. The molecule has 2 fully saturated rings. The van der Waals surface area contributed by atoms with Gasteiger partial charge in [-0.25, -0.2) is 0 Å². The number of ether oxygens (including phenoxy) is 2. The van der Waals surface area contributed by atoms with Gasteiger partial charge in [-0.1, -0.05) is 18.2 Å². The zero-order valence-electron chi connectivity index (χ0n) is 11.7. The summed E-state index contributed by atoms with van der Waals surface area (Å²) in [6.07, 6.45) is 5.25. The summed E-state index contributed by atoms with van der Waals surface area (Å²) in [5.74, 6) is 0.836. The summed E-state index contributed by atoms with van der Waals surface area (Å²) < 4.78 is 11.2. The van der Waals surface area contributed by atoms with Gasteiger partial charge in [0.2, 0.25) is 0 Å². The highest BCUT2D eigenvalue weighted by Crippen LogP contribution is 2.49. The van der Waals surface area contributed by atoms with Crippen molar-refractivity contribution in [1.29, 1.82) is 0 Å². The number of aromatic nitrogens is 1. The molecule has 108 valence electrons. The second-order valence-corrected chi connectivity index (χ2v) is 5.73. The third kappa shape index (κ3) is 2.30. The third-order valence-corrected chi connectivity index (χ3v) is 4.12. The van der Waals surface area contributed by atoms with Crippen LogP contribution in [0.4, 0.5) is 0 Å². The fourth-order valence-corrected chi connectivity index (χ4v) is 2.64. The van der Waals surface area contributed by atoms with Gasteiger partial charge in [-0.2, -0.15) is 0 Å². The molecule has 1 aliphatic heterocycles. The van der Waals surface area contributed by atoms with E-state index in [0.717, 1.165) is 35.3 Å². The Bertz CT molecular complexity index is 663. The van der Waals surface area contributed by atoms with E-state index in [1.807, 2.05) is 30.3 Å². The smallest absolute Gasteiger partial charge is 0.145 e. The molecule has 1 saturated heterocycles. The van der Waals surface area contributed by atoms with E-state index in [0.29, 0.717) is 13.2 Å². The molecule has 4 heteroatoms. The van der Waals surface area contributed by atoms with E-state index in [9.17, 15) is 5.11 Å². The Hall–Kier alpha value is -1.91. The van der Waals surface area contributed by atoms with Gasteiger partial charge < -0.3 is 14.6 Å². The number of hydrogen-bond donors (Lipinski definition) is 1. The molecule has 0 unspecified atom stereocenters. The molecule has 0 amide bonds. The standard InChI is InChI=1S/C17H17NO3/c19-17(6-7-17)15-9-18-8-5-13(15)14-3-1-2-4-16(14)21-12-10-20-11-12/h1-5,8-9,12,19H,6-7,10-11H2. The highest BCUT2D eigenvalue weighted by atomic mass is 16.6. The van der Waals surface area contributed by atoms with Crippen LogP contribution in [-0.4, -0.2) is 29.4 Å². The zero-order chi connectivity index (χ0) is 14.3. The van der Waals surface area contributed by atoms with Gasteiger partial charge in [-0.05, 0) is 30.5 Å². The summed E-state index contributed by atoms with van der Waals surface area (Å²) in [6, 6.07) is 9.89. The molecule has 2 aliphatic rings. The van der Waals surface area contributed by atoms with Crippen molar-refractivity contribution in [2.24, 2.45) is 0 Å². The first-order chi connectivity index (χ1) is 10.3. The number of hydrogen-bond acceptors (Lipinski definition) is 4. The van der Waals surface area contributed by atoms with Crippen LogP contribution in [0, 0.1) is 0 Å². The second-order valence-electron chi connectivity index (χ2n) is 5.73. The Morgan fingerprint density at radius 1 is 1.14 bits per heavy atom. The van der Waals surface area contributed by atoms with E-state index in [2.05, 4.69) is 4.98 Å². The van der Waals surface area contributed by atoms with Crippen molar-refractivity contribution in [1.82, 2.24) is 4.98 Å². The van der Waals surface area contributed by atoms with E-state index < -0.39 is 5.60 Å². The number of pyridine rings is 1. The normalized spacial score (nSPS) is 19.9. The second kappa shape index (κ2) is 4.83. The molecule has 1 N–H and O–H groups in total. The summed E-state index contributed by atoms with van der Waals surface area (Å²) in [5, 5.41) is 10.5. The predicted octanol–water partition coefficient (Wildman–Crippen LogP) is 2.51. The summed E-state index contributed by atoms with van der Waals surface area (Å²) >= 11 is 0.